The normalized spacial score (nSPS) is 14.5. The minimum absolute atomic E-state index is 0.0419. The van der Waals surface area contributed by atoms with E-state index < -0.39 is 4.92 Å². The molecule has 4 nitrogen and oxygen atoms in total. The fraction of sp³-hybridized carbons (Fsp3) is 0.115. The summed E-state index contributed by atoms with van der Waals surface area (Å²) in [6.45, 7) is 5.89. The molecule has 0 unspecified atom stereocenters. The summed E-state index contributed by atoms with van der Waals surface area (Å²) in [5.41, 5.74) is 9.78. The van der Waals surface area contributed by atoms with Gasteiger partial charge in [0.25, 0.3) is 5.69 Å². The molecular weight excluding hydrogens is 374 g/mol. The second-order valence-corrected chi connectivity index (χ2v) is 7.64. The fourth-order valence-corrected chi connectivity index (χ4v) is 4.00. The number of allylic oxidation sites excluding steroid dienone is 3. The van der Waals surface area contributed by atoms with Crippen molar-refractivity contribution in [3.8, 4) is 0 Å². The molecule has 0 radical (unpaired) electrons. The SMILES string of the molecule is C/C(C=O)=C1\C(c2ccc([N+](=O)[O-])cc2)=C(c2ccc(C)cc2)c2ccc(C)cc21. The van der Waals surface area contributed by atoms with Crippen LogP contribution in [0.1, 0.15) is 40.3 Å². The lowest BCUT2D eigenvalue weighted by atomic mass is 9.91. The fourth-order valence-electron chi connectivity index (χ4n) is 4.00. The number of nitrogens with zero attached hydrogens (tertiary/aromatic N) is 1. The zero-order valence-electron chi connectivity index (χ0n) is 17.1. The summed E-state index contributed by atoms with van der Waals surface area (Å²) in [5.74, 6) is 0. The lowest BCUT2D eigenvalue weighted by Crippen LogP contribution is -1.94. The smallest absolute Gasteiger partial charge is 0.269 e. The van der Waals surface area contributed by atoms with Gasteiger partial charge in [0.15, 0.2) is 0 Å². The van der Waals surface area contributed by atoms with Gasteiger partial charge in [0.2, 0.25) is 0 Å². The van der Waals surface area contributed by atoms with E-state index in [9.17, 15) is 14.9 Å². The van der Waals surface area contributed by atoms with Gasteiger partial charge in [0.05, 0.1) is 4.92 Å². The highest BCUT2D eigenvalue weighted by atomic mass is 16.6. The number of non-ortho nitro benzene ring substituents is 1. The van der Waals surface area contributed by atoms with E-state index in [4.69, 9.17) is 0 Å². The molecule has 0 aromatic heterocycles. The van der Waals surface area contributed by atoms with Crippen molar-refractivity contribution in [2.45, 2.75) is 20.8 Å². The number of aryl methyl sites for hydroxylation is 2. The second kappa shape index (κ2) is 7.56. The van der Waals surface area contributed by atoms with Gasteiger partial charge < -0.3 is 0 Å². The Morgan fingerprint density at radius 1 is 0.800 bits per heavy atom. The largest absolute Gasteiger partial charge is 0.298 e. The summed E-state index contributed by atoms with van der Waals surface area (Å²) >= 11 is 0. The third kappa shape index (κ3) is 3.26. The van der Waals surface area contributed by atoms with E-state index >= 15 is 0 Å². The first kappa shape index (κ1) is 19.5. The molecule has 30 heavy (non-hydrogen) atoms. The van der Waals surface area contributed by atoms with Crippen molar-refractivity contribution in [2.24, 2.45) is 0 Å². The Labute approximate surface area is 175 Å². The number of benzene rings is 3. The van der Waals surface area contributed by atoms with Crippen molar-refractivity contribution < 1.29 is 9.72 Å². The van der Waals surface area contributed by atoms with Crippen LogP contribution < -0.4 is 0 Å². The number of carbonyl (C=O) groups is 1. The maximum absolute atomic E-state index is 11.8. The Morgan fingerprint density at radius 2 is 1.37 bits per heavy atom. The standard InChI is InChI=1S/C26H21NO3/c1-16-4-7-19(8-5-16)25-22-13-6-17(2)14-23(22)24(18(3)15-28)26(25)20-9-11-21(12-10-20)27(29)30/h4-15H,1-3H3/b24-18+. The minimum atomic E-state index is -0.404. The predicted octanol–water partition coefficient (Wildman–Crippen LogP) is 6.16. The van der Waals surface area contributed by atoms with Crippen molar-refractivity contribution >= 4 is 28.7 Å². The molecule has 4 rings (SSSR count). The molecule has 148 valence electrons. The van der Waals surface area contributed by atoms with Crippen LogP contribution in [0.25, 0.3) is 16.7 Å². The summed E-state index contributed by atoms with van der Waals surface area (Å²) in [7, 11) is 0. The topological polar surface area (TPSA) is 60.2 Å². The number of carbonyl (C=O) groups excluding carboxylic acids is 1. The predicted molar refractivity (Wildman–Crippen MR) is 120 cm³/mol. The van der Waals surface area contributed by atoms with Gasteiger partial charge in [-0.15, -0.1) is 0 Å². The Bertz CT molecular complexity index is 1230. The molecule has 0 amide bonds. The molecule has 1 aliphatic rings. The van der Waals surface area contributed by atoms with Crippen molar-refractivity contribution in [3.05, 3.63) is 116 Å². The Morgan fingerprint density at radius 3 is 1.97 bits per heavy atom. The van der Waals surface area contributed by atoms with Gasteiger partial charge in [0.1, 0.15) is 6.29 Å². The lowest BCUT2D eigenvalue weighted by Gasteiger charge is -2.12. The molecule has 0 aliphatic heterocycles. The summed E-state index contributed by atoms with van der Waals surface area (Å²) in [6.07, 6.45) is 0.880. The molecule has 0 fully saturated rings. The average molecular weight is 395 g/mol. The molecule has 0 saturated heterocycles. The van der Waals surface area contributed by atoms with E-state index in [0.717, 1.165) is 50.8 Å². The van der Waals surface area contributed by atoms with Gasteiger partial charge >= 0.3 is 0 Å². The Balaban J connectivity index is 2.08. The Kier molecular flexibility index (Phi) is 4.92. The van der Waals surface area contributed by atoms with Crippen molar-refractivity contribution in [3.63, 3.8) is 0 Å². The van der Waals surface area contributed by atoms with Crippen LogP contribution in [0.15, 0.2) is 72.3 Å². The molecule has 4 heteroatoms. The van der Waals surface area contributed by atoms with E-state index in [1.165, 1.54) is 17.7 Å². The number of hydrogen-bond acceptors (Lipinski definition) is 3. The highest BCUT2D eigenvalue weighted by Gasteiger charge is 2.30. The molecule has 3 aromatic carbocycles. The highest BCUT2D eigenvalue weighted by molar-refractivity contribution is 6.27. The average Bonchev–Trinajstić information content (AvgIpc) is 3.08. The maximum Gasteiger partial charge on any atom is 0.269 e. The number of nitro benzene ring substituents is 1. The zero-order valence-corrected chi connectivity index (χ0v) is 17.1. The summed E-state index contributed by atoms with van der Waals surface area (Å²) in [4.78, 5) is 22.5. The Hall–Kier alpha value is -3.79. The summed E-state index contributed by atoms with van der Waals surface area (Å²) < 4.78 is 0. The molecule has 0 heterocycles. The molecule has 0 N–H and O–H groups in total. The van der Waals surface area contributed by atoms with Gasteiger partial charge in [-0.3, -0.25) is 14.9 Å². The van der Waals surface area contributed by atoms with Gasteiger partial charge in [-0.1, -0.05) is 53.6 Å². The molecule has 1 aliphatic carbocycles. The van der Waals surface area contributed by atoms with E-state index in [1.807, 2.05) is 20.8 Å². The van der Waals surface area contributed by atoms with E-state index in [0.29, 0.717) is 5.57 Å². The molecule has 0 spiro atoms. The number of rotatable bonds is 4. The van der Waals surface area contributed by atoms with Gasteiger partial charge in [-0.05, 0) is 77.5 Å². The molecule has 0 saturated carbocycles. The summed E-state index contributed by atoms with van der Waals surface area (Å²) in [6, 6.07) is 21.1. The second-order valence-electron chi connectivity index (χ2n) is 7.64. The highest BCUT2D eigenvalue weighted by Crippen LogP contribution is 2.50. The van der Waals surface area contributed by atoms with Crippen LogP contribution in [0.4, 0.5) is 5.69 Å². The van der Waals surface area contributed by atoms with E-state index in [-0.39, 0.29) is 5.69 Å². The van der Waals surface area contributed by atoms with Crippen LogP contribution >= 0.6 is 0 Å². The lowest BCUT2D eigenvalue weighted by molar-refractivity contribution is -0.384. The monoisotopic (exact) mass is 395 g/mol. The van der Waals surface area contributed by atoms with Crippen LogP contribution in [-0.4, -0.2) is 11.2 Å². The van der Waals surface area contributed by atoms with Crippen LogP contribution in [-0.2, 0) is 4.79 Å². The number of fused-ring (bicyclic) bond motifs is 1. The van der Waals surface area contributed by atoms with Crippen LogP contribution in [0.2, 0.25) is 0 Å². The van der Waals surface area contributed by atoms with E-state index in [2.05, 4.69) is 42.5 Å². The van der Waals surface area contributed by atoms with E-state index in [1.54, 1.807) is 12.1 Å². The first-order valence-corrected chi connectivity index (χ1v) is 9.74. The zero-order chi connectivity index (χ0) is 21.4. The minimum Gasteiger partial charge on any atom is -0.298 e. The molecular formula is C26H21NO3. The maximum atomic E-state index is 11.8. The molecule has 0 bridgehead atoms. The quantitative estimate of drug-likeness (QED) is 0.230. The summed E-state index contributed by atoms with van der Waals surface area (Å²) in [5, 5.41) is 11.1. The number of hydrogen-bond donors (Lipinski definition) is 0. The van der Waals surface area contributed by atoms with Crippen molar-refractivity contribution in [1.82, 2.24) is 0 Å². The number of nitro groups is 1. The van der Waals surface area contributed by atoms with Gasteiger partial charge in [0, 0.05) is 12.1 Å². The third-order valence-corrected chi connectivity index (χ3v) is 5.49. The molecule has 3 aromatic rings. The third-order valence-electron chi connectivity index (χ3n) is 5.49. The van der Waals surface area contributed by atoms with Crippen molar-refractivity contribution in [2.75, 3.05) is 0 Å². The van der Waals surface area contributed by atoms with Gasteiger partial charge in [-0.2, -0.15) is 0 Å². The van der Waals surface area contributed by atoms with Crippen LogP contribution in [0.3, 0.4) is 0 Å². The van der Waals surface area contributed by atoms with Crippen LogP contribution in [0, 0.1) is 24.0 Å². The first-order valence-electron chi connectivity index (χ1n) is 9.74. The first-order chi connectivity index (χ1) is 14.4. The number of aldehydes is 1. The van der Waals surface area contributed by atoms with Crippen molar-refractivity contribution in [1.29, 1.82) is 0 Å². The van der Waals surface area contributed by atoms with Gasteiger partial charge in [-0.25, -0.2) is 0 Å². The molecule has 0 atom stereocenters. The van der Waals surface area contributed by atoms with Crippen LogP contribution in [0.5, 0.6) is 0 Å².